The fraction of sp³-hybridized carbons (Fsp3) is 0.130. The Morgan fingerprint density at radius 1 is 0.438 bits per heavy atom. The van der Waals surface area contributed by atoms with Gasteiger partial charge in [0.05, 0.1) is 8.07 Å². The van der Waals surface area contributed by atoms with Crippen molar-refractivity contribution in [3.8, 4) is 22.3 Å². The summed E-state index contributed by atoms with van der Waals surface area (Å²) in [5, 5.41) is 13.7. The van der Waals surface area contributed by atoms with E-state index in [0.29, 0.717) is 11.1 Å². The van der Waals surface area contributed by atoms with Gasteiger partial charge in [-0.2, -0.15) is 12.1 Å². The number of rotatable bonds is 6. The third-order valence-corrected chi connectivity index (χ3v) is 16.5. The Labute approximate surface area is 307 Å². The molecule has 0 heterocycles. The molecule has 48 heavy (non-hydrogen) atoms. The van der Waals surface area contributed by atoms with Gasteiger partial charge >= 0.3 is 25.8 Å². The molecule has 0 radical (unpaired) electrons. The van der Waals surface area contributed by atoms with E-state index in [1.165, 1.54) is 65.3 Å². The van der Waals surface area contributed by atoms with Gasteiger partial charge in [-0.05, 0) is 55.9 Å². The van der Waals surface area contributed by atoms with Crippen LogP contribution in [0.4, 0.5) is 0 Å². The monoisotopic (exact) mass is 804 g/mol. The van der Waals surface area contributed by atoms with Gasteiger partial charge in [-0.15, -0.1) is 68.3 Å². The normalized spacial score (nSPS) is 11.6. The molecular formula is C46H44HfSi. The molecule has 0 aliphatic rings. The molecule has 0 N–H and O–H groups in total. The Hall–Kier alpha value is -3.85. The van der Waals surface area contributed by atoms with Gasteiger partial charge in [-0.1, -0.05) is 124 Å². The summed E-state index contributed by atoms with van der Waals surface area (Å²) in [5.41, 5.74) is 6.31. The fourth-order valence-electron chi connectivity index (χ4n) is 8.33. The largest absolute Gasteiger partial charge is 4.00 e. The average Bonchev–Trinajstić information content (AvgIpc) is 3.69. The van der Waals surface area contributed by atoms with Crippen LogP contribution in [0.5, 0.6) is 0 Å². The van der Waals surface area contributed by atoms with E-state index in [1.807, 2.05) is 0 Å². The van der Waals surface area contributed by atoms with E-state index in [0.717, 1.165) is 0 Å². The molecule has 0 amide bonds. The van der Waals surface area contributed by atoms with Crippen molar-refractivity contribution >= 4 is 61.5 Å². The minimum Gasteiger partial charge on any atom is -0.358 e. The van der Waals surface area contributed by atoms with Crippen LogP contribution in [0.3, 0.4) is 0 Å². The molecule has 0 fully saturated rings. The molecule has 0 aliphatic carbocycles. The van der Waals surface area contributed by atoms with Crippen molar-refractivity contribution in [3.05, 3.63) is 160 Å². The predicted molar refractivity (Wildman–Crippen MR) is 213 cm³/mol. The van der Waals surface area contributed by atoms with E-state index in [-0.39, 0.29) is 40.7 Å². The van der Waals surface area contributed by atoms with Gasteiger partial charge in [0.25, 0.3) is 0 Å². The number of hydrogen-bond donors (Lipinski definition) is 0. The molecule has 0 aromatic heterocycles. The second kappa shape index (κ2) is 13.9. The van der Waals surface area contributed by atoms with Crippen molar-refractivity contribution in [2.24, 2.45) is 0 Å². The Bertz CT molecular complexity index is 2180. The third-order valence-electron chi connectivity index (χ3n) is 10.4. The van der Waals surface area contributed by atoms with Crippen LogP contribution in [-0.4, -0.2) is 8.07 Å². The van der Waals surface area contributed by atoms with Crippen LogP contribution in [0.15, 0.2) is 146 Å². The van der Waals surface area contributed by atoms with Gasteiger partial charge < -0.3 is 14.9 Å². The summed E-state index contributed by atoms with van der Waals surface area (Å²) >= 11 is 0. The molecule has 0 saturated carbocycles. The molecule has 236 valence electrons. The zero-order valence-electron chi connectivity index (χ0n) is 29.0. The molecule has 0 nitrogen and oxygen atoms in total. The second-order valence-corrected chi connectivity index (χ2v) is 18.6. The summed E-state index contributed by atoms with van der Waals surface area (Å²) in [5.74, 6) is 0. The SMILES string of the molecule is CC(C)[Si](c1cc2c(-c3ccc4ccccc4c3)cccc2[cH-]1)(c1cc2c(-c3ccc4ccccc4c3)cccc2[cH-]1)C(C)C.[CH3-].[CH3-].[Hf+4]. The van der Waals surface area contributed by atoms with Crippen LogP contribution in [-0.2, 0) is 25.8 Å². The maximum atomic E-state index is 2.56. The maximum absolute atomic E-state index is 2.56. The van der Waals surface area contributed by atoms with Crippen LogP contribution < -0.4 is 10.4 Å². The van der Waals surface area contributed by atoms with Crippen molar-refractivity contribution in [2.45, 2.75) is 38.8 Å². The first-order valence-electron chi connectivity index (χ1n) is 16.3. The fourth-order valence-corrected chi connectivity index (χ4v) is 14.2. The number of benzene rings is 6. The maximum Gasteiger partial charge on any atom is 4.00 e. The first kappa shape index (κ1) is 35.5. The van der Waals surface area contributed by atoms with Crippen molar-refractivity contribution < 1.29 is 25.8 Å². The van der Waals surface area contributed by atoms with Gasteiger partial charge in [-0.3, -0.25) is 0 Å². The molecule has 0 aliphatic heterocycles. The van der Waals surface area contributed by atoms with E-state index in [1.54, 1.807) is 10.4 Å². The Kier molecular flexibility index (Phi) is 10.3. The second-order valence-electron chi connectivity index (χ2n) is 13.4. The van der Waals surface area contributed by atoms with Gasteiger partial charge in [0.1, 0.15) is 0 Å². The summed E-state index contributed by atoms with van der Waals surface area (Å²) in [6.45, 7) is 9.87. The van der Waals surface area contributed by atoms with Crippen molar-refractivity contribution in [1.29, 1.82) is 0 Å². The molecule has 0 saturated heterocycles. The van der Waals surface area contributed by atoms with Crippen LogP contribution in [0.25, 0.3) is 65.3 Å². The first-order valence-corrected chi connectivity index (χ1v) is 18.5. The first-order chi connectivity index (χ1) is 21.9. The molecule has 8 aromatic rings. The van der Waals surface area contributed by atoms with E-state index < -0.39 is 8.07 Å². The average molecular weight is 803 g/mol. The zero-order chi connectivity index (χ0) is 30.7. The molecule has 8 rings (SSSR count). The quantitative estimate of drug-likeness (QED) is 0.116. The molecule has 2 heteroatoms. The summed E-state index contributed by atoms with van der Waals surface area (Å²) < 4.78 is 0. The molecule has 8 aromatic carbocycles. The minimum absolute atomic E-state index is 0. The number of hydrogen-bond acceptors (Lipinski definition) is 0. The standard InChI is InChI=1S/C44H38Si.2CH3.Hf/c1-29(2)45(30(3)4,39-25-35-15-9-17-41(43(35)27-39)37-21-19-31-11-5-7-13-33(31)23-37)40-26-36-16-10-18-42(44(36)28-40)38-22-20-32-12-6-8-14-34(32)24-38;;;/h5-30H,1-4H3;2*1H3;/q-2;2*-1;+4. The predicted octanol–water partition coefficient (Wildman–Crippen LogP) is 12.4. The summed E-state index contributed by atoms with van der Waals surface area (Å²) in [6, 6.07) is 55.0. The summed E-state index contributed by atoms with van der Waals surface area (Å²) in [4.78, 5) is 0. The Balaban J connectivity index is 0.00000150. The van der Waals surface area contributed by atoms with Crippen LogP contribution in [0.1, 0.15) is 27.7 Å². The molecular weight excluding hydrogens is 759 g/mol. The summed E-state index contributed by atoms with van der Waals surface area (Å²) in [7, 11) is -2.20. The third kappa shape index (κ3) is 5.67. The van der Waals surface area contributed by atoms with Gasteiger partial charge in [0, 0.05) is 0 Å². The van der Waals surface area contributed by atoms with Crippen LogP contribution in [0.2, 0.25) is 11.1 Å². The Morgan fingerprint density at radius 2 is 0.833 bits per heavy atom. The van der Waals surface area contributed by atoms with Crippen molar-refractivity contribution in [1.82, 2.24) is 0 Å². The zero-order valence-corrected chi connectivity index (χ0v) is 33.6. The minimum atomic E-state index is -2.20. The van der Waals surface area contributed by atoms with Gasteiger partial charge in [-0.25, -0.2) is 0 Å². The van der Waals surface area contributed by atoms with Crippen LogP contribution in [0, 0.1) is 14.9 Å². The van der Waals surface area contributed by atoms with Gasteiger partial charge in [0.2, 0.25) is 0 Å². The van der Waals surface area contributed by atoms with Crippen molar-refractivity contribution in [3.63, 3.8) is 0 Å². The molecule has 0 unspecified atom stereocenters. The number of fused-ring (bicyclic) bond motifs is 4. The van der Waals surface area contributed by atoms with Crippen LogP contribution >= 0.6 is 0 Å². The van der Waals surface area contributed by atoms with Gasteiger partial charge in [0.15, 0.2) is 0 Å². The van der Waals surface area contributed by atoms with E-state index in [4.69, 9.17) is 0 Å². The topological polar surface area (TPSA) is 0 Å². The summed E-state index contributed by atoms with van der Waals surface area (Å²) in [6.07, 6.45) is 0. The molecule has 0 bridgehead atoms. The van der Waals surface area contributed by atoms with E-state index in [9.17, 15) is 0 Å². The van der Waals surface area contributed by atoms with E-state index >= 15 is 0 Å². The molecule has 0 spiro atoms. The smallest absolute Gasteiger partial charge is 0.358 e. The van der Waals surface area contributed by atoms with E-state index in [2.05, 4.69) is 173 Å². The Morgan fingerprint density at radius 3 is 1.23 bits per heavy atom. The molecule has 0 atom stereocenters. The van der Waals surface area contributed by atoms with Crippen molar-refractivity contribution in [2.75, 3.05) is 0 Å².